The van der Waals surface area contributed by atoms with Gasteiger partial charge in [-0.25, -0.2) is 4.79 Å². The maximum Gasteiger partial charge on any atom is 0.315 e. The lowest BCUT2D eigenvalue weighted by atomic mass is 9.91. The lowest BCUT2D eigenvalue weighted by Crippen LogP contribution is -2.39. The predicted molar refractivity (Wildman–Crippen MR) is 106 cm³/mol. The number of amides is 2. The van der Waals surface area contributed by atoms with Crippen LogP contribution < -0.4 is 10.6 Å². The zero-order chi connectivity index (χ0) is 18.1. The van der Waals surface area contributed by atoms with Gasteiger partial charge in [-0.3, -0.25) is 0 Å². The number of aromatic nitrogens is 1. The highest BCUT2D eigenvalue weighted by Gasteiger charge is 2.25. The summed E-state index contributed by atoms with van der Waals surface area (Å²) in [5.74, 6) is -0.0825. The molecule has 1 unspecified atom stereocenters. The van der Waals surface area contributed by atoms with E-state index in [1.807, 2.05) is 36.5 Å². The minimum absolute atomic E-state index is 0.0825. The predicted octanol–water partition coefficient (Wildman–Crippen LogP) is 5.07. The lowest BCUT2D eigenvalue weighted by Gasteiger charge is -2.20. The van der Waals surface area contributed by atoms with Crippen molar-refractivity contribution in [2.24, 2.45) is 0 Å². The highest BCUT2D eigenvalue weighted by atomic mass is 35.5. The molecule has 0 spiro atoms. The Morgan fingerprint density at radius 2 is 1.96 bits per heavy atom. The SMILES string of the molecule is O=C(NCC(c1ccc(Cl)cc1Cl)c1c[nH]c2ccccc12)NC1CC1. The van der Waals surface area contributed by atoms with E-state index in [0.717, 1.165) is 34.9 Å². The van der Waals surface area contributed by atoms with Crippen LogP contribution >= 0.6 is 23.2 Å². The average Bonchev–Trinajstić information content (AvgIpc) is 3.33. The second kappa shape index (κ2) is 7.22. The third-order valence-corrected chi connectivity index (χ3v) is 5.28. The summed E-state index contributed by atoms with van der Waals surface area (Å²) in [5.41, 5.74) is 3.09. The van der Waals surface area contributed by atoms with Crippen LogP contribution in [0, 0.1) is 0 Å². The molecule has 1 heterocycles. The normalized spacial score (nSPS) is 15.0. The second-order valence-corrected chi connectivity index (χ2v) is 7.48. The minimum atomic E-state index is -0.137. The van der Waals surface area contributed by atoms with Gasteiger partial charge in [0.05, 0.1) is 0 Å². The Balaban J connectivity index is 1.67. The average molecular weight is 388 g/mol. The van der Waals surface area contributed by atoms with Crippen molar-refractivity contribution in [1.82, 2.24) is 15.6 Å². The van der Waals surface area contributed by atoms with Crippen molar-refractivity contribution in [3.8, 4) is 0 Å². The summed E-state index contributed by atoms with van der Waals surface area (Å²) < 4.78 is 0. The monoisotopic (exact) mass is 387 g/mol. The highest BCUT2D eigenvalue weighted by Crippen LogP contribution is 2.35. The van der Waals surface area contributed by atoms with E-state index in [-0.39, 0.29) is 11.9 Å². The third kappa shape index (κ3) is 3.67. The molecular weight excluding hydrogens is 369 g/mol. The van der Waals surface area contributed by atoms with Crippen molar-refractivity contribution in [2.45, 2.75) is 24.8 Å². The van der Waals surface area contributed by atoms with Crippen molar-refractivity contribution in [1.29, 1.82) is 0 Å². The van der Waals surface area contributed by atoms with Crippen LogP contribution in [0.2, 0.25) is 10.0 Å². The number of benzene rings is 2. The van der Waals surface area contributed by atoms with Gasteiger partial charge in [-0.05, 0) is 42.2 Å². The molecular formula is C20H19Cl2N3O. The lowest BCUT2D eigenvalue weighted by molar-refractivity contribution is 0.240. The van der Waals surface area contributed by atoms with Crippen LogP contribution in [0.3, 0.4) is 0 Å². The number of carbonyl (C=O) groups is 1. The second-order valence-electron chi connectivity index (χ2n) is 6.64. The topological polar surface area (TPSA) is 56.9 Å². The van der Waals surface area contributed by atoms with E-state index in [9.17, 15) is 4.79 Å². The quantitative estimate of drug-likeness (QED) is 0.562. The molecule has 1 atom stereocenters. The van der Waals surface area contributed by atoms with Crippen LogP contribution in [0.25, 0.3) is 10.9 Å². The van der Waals surface area contributed by atoms with E-state index < -0.39 is 0 Å². The largest absolute Gasteiger partial charge is 0.361 e. The van der Waals surface area contributed by atoms with Gasteiger partial charge in [0.1, 0.15) is 0 Å². The Kier molecular flexibility index (Phi) is 4.79. The molecule has 1 aromatic heterocycles. The number of urea groups is 1. The van der Waals surface area contributed by atoms with Gasteiger partial charge in [0.2, 0.25) is 0 Å². The van der Waals surface area contributed by atoms with Crippen LogP contribution in [-0.2, 0) is 0 Å². The maximum atomic E-state index is 12.1. The van der Waals surface area contributed by atoms with E-state index in [1.54, 1.807) is 6.07 Å². The van der Waals surface area contributed by atoms with Crippen molar-refractivity contribution >= 4 is 40.1 Å². The Bertz CT molecular complexity index is 949. The van der Waals surface area contributed by atoms with Crippen LogP contribution in [0.4, 0.5) is 4.79 Å². The van der Waals surface area contributed by atoms with Crippen molar-refractivity contribution in [2.75, 3.05) is 6.54 Å². The fourth-order valence-corrected chi connectivity index (χ4v) is 3.75. The first-order valence-electron chi connectivity index (χ1n) is 8.67. The summed E-state index contributed by atoms with van der Waals surface area (Å²) in [6, 6.07) is 13.8. The zero-order valence-corrected chi connectivity index (χ0v) is 15.6. The number of halogens is 2. The Labute approximate surface area is 161 Å². The highest BCUT2D eigenvalue weighted by molar-refractivity contribution is 6.35. The van der Waals surface area contributed by atoms with E-state index in [1.165, 1.54) is 0 Å². The number of hydrogen-bond donors (Lipinski definition) is 3. The molecule has 1 saturated carbocycles. The fourth-order valence-electron chi connectivity index (χ4n) is 3.21. The Hall–Kier alpha value is -2.17. The molecule has 4 nitrogen and oxygen atoms in total. The molecule has 26 heavy (non-hydrogen) atoms. The summed E-state index contributed by atoms with van der Waals surface area (Å²) >= 11 is 12.5. The molecule has 1 aliphatic rings. The van der Waals surface area contributed by atoms with E-state index in [4.69, 9.17) is 23.2 Å². The number of aromatic amines is 1. The van der Waals surface area contributed by atoms with E-state index in [2.05, 4.69) is 21.7 Å². The first-order valence-corrected chi connectivity index (χ1v) is 9.43. The van der Waals surface area contributed by atoms with Crippen molar-refractivity contribution < 1.29 is 4.79 Å². The number of nitrogens with one attached hydrogen (secondary N) is 3. The minimum Gasteiger partial charge on any atom is -0.361 e. The smallest absolute Gasteiger partial charge is 0.315 e. The Morgan fingerprint density at radius 3 is 2.73 bits per heavy atom. The number of fused-ring (bicyclic) bond motifs is 1. The van der Waals surface area contributed by atoms with Crippen molar-refractivity contribution in [3.63, 3.8) is 0 Å². The van der Waals surface area contributed by atoms with Gasteiger partial charge in [-0.1, -0.05) is 47.5 Å². The number of carbonyl (C=O) groups excluding carboxylic acids is 1. The van der Waals surface area contributed by atoms with Crippen molar-refractivity contribution in [3.05, 3.63) is 69.8 Å². The van der Waals surface area contributed by atoms with E-state index in [0.29, 0.717) is 22.6 Å². The first kappa shape index (κ1) is 17.3. The molecule has 3 N–H and O–H groups in total. The summed E-state index contributed by atoms with van der Waals surface area (Å²) in [7, 11) is 0. The van der Waals surface area contributed by atoms with Crippen LogP contribution in [-0.4, -0.2) is 23.6 Å². The molecule has 2 aromatic carbocycles. The van der Waals surface area contributed by atoms with Crippen LogP contribution in [0.15, 0.2) is 48.7 Å². The standard InChI is InChI=1S/C20H19Cl2N3O/c21-12-5-8-14(18(22)9-12)16(11-24-20(26)25-13-6-7-13)17-10-23-19-4-2-1-3-15(17)19/h1-5,8-10,13,16,23H,6-7,11H2,(H2,24,25,26). The molecule has 0 radical (unpaired) electrons. The van der Waals surface area contributed by atoms with Gasteiger partial charge in [0.15, 0.2) is 0 Å². The molecule has 134 valence electrons. The van der Waals surface area contributed by atoms with Gasteiger partial charge in [0.25, 0.3) is 0 Å². The molecule has 1 aliphatic carbocycles. The molecule has 6 heteroatoms. The number of para-hydroxylation sites is 1. The zero-order valence-electron chi connectivity index (χ0n) is 14.1. The first-order chi connectivity index (χ1) is 12.6. The third-order valence-electron chi connectivity index (χ3n) is 4.71. The molecule has 1 fully saturated rings. The molecule has 2 amide bonds. The maximum absolute atomic E-state index is 12.1. The van der Waals surface area contributed by atoms with Gasteiger partial charge >= 0.3 is 6.03 Å². The summed E-state index contributed by atoms with van der Waals surface area (Å²) in [6.45, 7) is 0.446. The van der Waals surface area contributed by atoms with Gasteiger partial charge < -0.3 is 15.6 Å². The molecule has 0 bridgehead atoms. The molecule has 0 saturated heterocycles. The molecule has 3 aromatic rings. The number of hydrogen-bond acceptors (Lipinski definition) is 1. The van der Waals surface area contributed by atoms with Gasteiger partial charge in [-0.2, -0.15) is 0 Å². The van der Waals surface area contributed by atoms with Crippen LogP contribution in [0.5, 0.6) is 0 Å². The number of H-pyrrole nitrogens is 1. The summed E-state index contributed by atoms with van der Waals surface area (Å²) in [4.78, 5) is 15.4. The Morgan fingerprint density at radius 1 is 1.15 bits per heavy atom. The number of rotatable bonds is 5. The molecule has 4 rings (SSSR count). The fraction of sp³-hybridized carbons (Fsp3) is 0.250. The van der Waals surface area contributed by atoms with Gasteiger partial charge in [0, 0.05) is 45.6 Å². The summed E-state index contributed by atoms with van der Waals surface area (Å²) in [6.07, 6.45) is 4.10. The molecule has 0 aliphatic heterocycles. The summed E-state index contributed by atoms with van der Waals surface area (Å²) in [5, 5.41) is 8.25. The van der Waals surface area contributed by atoms with E-state index >= 15 is 0 Å². The van der Waals surface area contributed by atoms with Gasteiger partial charge in [-0.15, -0.1) is 0 Å². The van der Waals surface area contributed by atoms with Crippen LogP contribution in [0.1, 0.15) is 29.9 Å².